The van der Waals surface area contributed by atoms with Crippen molar-refractivity contribution in [3.8, 4) is 0 Å². The number of rotatable bonds is 7. The Morgan fingerprint density at radius 3 is 2.68 bits per heavy atom. The molecule has 0 aromatic rings. The van der Waals surface area contributed by atoms with Gasteiger partial charge in [-0.05, 0) is 25.3 Å². The third-order valence-electron chi connectivity index (χ3n) is 4.44. The molecule has 1 saturated heterocycles. The highest BCUT2D eigenvalue weighted by molar-refractivity contribution is 5.75. The molecule has 2 N–H and O–H groups in total. The molecule has 2 fully saturated rings. The molecule has 0 radical (unpaired) electrons. The van der Waals surface area contributed by atoms with E-state index in [0.29, 0.717) is 0 Å². The summed E-state index contributed by atoms with van der Waals surface area (Å²) in [6, 6.07) is 0. The fourth-order valence-electron chi connectivity index (χ4n) is 3.19. The second-order valence-corrected chi connectivity index (χ2v) is 5.98. The number of hydrogen-bond donors (Lipinski definition) is 2. The quantitative estimate of drug-likeness (QED) is 0.685. The van der Waals surface area contributed by atoms with Crippen LogP contribution in [0.2, 0.25) is 0 Å². The maximum atomic E-state index is 11.7. The number of nitrogens with one attached hydrogen (secondary N) is 2. The van der Waals surface area contributed by atoms with Gasteiger partial charge in [0.25, 0.3) is 0 Å². The van der Waals surface area contributed by atoms with Crippen molar-refractivity contribution in [2.45, 2.75) is 44.9 Å². The molecule has 19 heavy (non-hydrogen) atoms. The summed E-state index contributed by atoms with van der Waals surface area (Å²) in [6.45, 7) is 6.46. The zero-order valence-electron chi connectivity index (χ0n) is 12.1. The Labute approximate surface area is 117 Å². The molecular formula is C15H29N3O. The Balaban J connectivity index is 1.44. The topological polar surface area (TPSA) is 44.4 Å². The molecule has 2 rings (SSSR count). The first-order valence-corrected chi connectivity index (χ1v) is 8.04. The summed E-state index contributed by atoms with van der Waals surface area (Å²) in [7, 11) is 0. The largest absolute Gasteiger partial charge is 0.356 e. The van der Waals surface area contributed by atoms with Crippen molar-refractivity contribution in [1.29, 1.82) is 0 Å². The van der Waals surface area contributed by atoms with Gasteiger partial charge in [-0.25, -0.2) is 0 Å². The van der Waals surface area contributed by atoms with Crippen LogP contribution in [0.1, 0.15) is 44.9 Å². The number of amides is 1. The first-order valence-electron chi connectivity index (χ1n) is 8.04. The summed E-state index contributed by atoms with van der Waals surface area (Å²) in [4.78, 5) is 14.2. The fraction of sp³-hybridized carbons (Fsp3) is 0.933. The molecule has 4 heteroatoms. The number of carbonyl (C=O) groups excluding carboxylic acids is 1. The lowest BCUT2D eigenvalue weighted by Gasteiger charge is -2.27. The van der Waals surface area contributed by atoms with Crippen molar-refractivity contribution in [3.05, 3.63) is 0 Å². The van der Waals surface area contributed by atoms with Crippen LogP contribution in [0.4, 0.5) is 0 Å². The van der Waals surface area contributed by atoms with E-state index in [2.05, 4.69) is 15.5 Å². The predicted octanol–water partition coefficient (Wildman–Crippen LogP) is 1.37. The predicted molar refractivity (Wildman–Crippen MR) is 78.1 cm³/mol. The maximum Gasteiger partial charge on any atom is 0.220 e. The lowest BCUT2D eigenvalue weighted by Crippen LogP contribution is -2.44. The average Bonchev–Trinajstić information content (AvgIpc) is 2.96. The van der Waals surface area contributed by atoms with Gasteiger partial charge in [-0.15, -0.1) is 0 Å². The van der Waals surface area contributed by atoms with Crippen molar-refractivity contribution >= 4 is 5.91 Å². The summed E-state index contributed by atoms with van der Waals surface area (Å²) in [5.41, 5.74) is 0. The summed E-state index contributed by atoms with van der Waals surface area (Å²) < 4.78 is 0. The lowest BCUT2D eigenvalue weighted by atomic mass is 10.0. The summed E-state index contributed by atoms with van der Waals surface area (Å²) >= 11 is 0. The zero-order valence-corrected chi connectivity index (χ0v) is 12.1. The van der Waals surface area contributed by atoms with Gasteiger partial charge in [-0.1, -0.05) is 25.7 Å². The van der Waals surface area contributed by atoms with Crippen molar-refractivity contribution < 1.29 is 4.79 Å². The second-order valence-electron chi connectivity index (χ2n) is 5.98. The molecule has 1 amide bonds. The van der Waals surface area contributed by atoms with Gasteiger partial charge < -0.3 is 15.5 Å². The minimum atomic E-state index is 0.257. The Hall–Kier alpha value is -0.610. The van der Waals surface area contributed by atoms with Gasteiger partial charge in [0.15, 0.2) is 0 Å². The van der Waals surface area contributed by atoms with E-state index in [1.807, 2.05) is 0 Å². The van der Waals surface area contributed by atoms with Crippen LogP contribution >= 0.6 is 0 Å². The van der Waals surface area contributed by atoms with E-state index in [1.54, 1.807) is 0 Å². The molecule has 1 aliphatic heterocycles. The first kappa shape index (κ1) is 14.8. The number of piperazine rings is 1. The minimum Gasteiger partial charge on any atom is -0.356 e. The monoisotopic (exact) mass is 267 g/mol. The molecule has 1 saturated carbocycles. The van der Waals surface area contributed by atoms with E-state index in [9.17, 15) is 4.79 Å². The summed E-state index contributed by atoms with van der Waals surface area (Å²) in [5.74, 6) is 1.08. The van der Waals surface area contributed by atoms with E-state index in [-0.39, 0.29) is 5.91 Å². The normalized spacial score (nSPS) is 21.7. The number of hydrogen-bond acceptors (Lipinski definition) is 3. The van der Waals surface area contributed by atoms with Crippen LogP contribution in [0.3, 0.4) is 0 Å². The SMILES string of the molecule is O=C(CCC1CCCC1)NCCCN1CCNCC1. The maximum absolute atomic E-state index is 11.7. The third-order valence-corrected chi connectivity index (χ3v) is 4.44. The van der Waals surface area contributed by atoms with Crippen LogP contribution in [-0.2, 0) is 4.79 Å². The molecule has 0 aromatic heterocycles. The fourth-order valence-corrected chi connectivity index (χ4v) is 3.19. The highest BCUT2D eigenvalue weighted by atomic mass is 16.1. The van der Waals surface area contributed by atoms with E-state index in [0.717, 1.165) is 64.4 Å². The van der Waals surface area contributed by atoms with E-state index >= 15 is 0 Å². The van der Waals surface area contributed by atoms with E-state index in [4.69, 9.17) is 0 Å². The standard InChI is InChI=1S/C15H29N3O/c19-15(7-6-14-4-1-2-5-14)17-8-3-11-18-12-9-16-10-13-18/h14,16H,1-13H2,(H,17,19). The third kappa shape index (κ3) is 5.91. The molecule has 0 unspecified atom stereocenters. The molecule has 1 heterocycles. The van der Waals surface area contributed by atoms with Crippen LogP contribution in [0.25, 0.3) is 0 Å². The highest BCUT2D eigenvalue weighted by Gasteiger charge is 2.16. The second kappa shape index (κ2) is 8.54. The Bertz CT molecular complexity index is 258. The van der Waals surface area contributed by atoms with Crippen LogP contribution in [0.5, 0.6) is 0 Å². The Morgan fingerprint density at radius 2 is 1.95 bits per heavy atom. The summed E-state index contributed by atoms with van der Waals surface area (Å²) in [5, 5.41) is 6.42. The lowest BCUT2D eigenvalue weighted by molar-refractivity contribution is -0.121. The van der Waals surface area contributed by atoms with Crippen LogP contribution in [-0.4, -0.2) is 50.1 Å². The molecule has 1 aliphatic carbocycles. The van der Waals surface area contributed by atoms with E-state index in [1.165, 1.54) is 25.7 Å². The van der Waals surface area contributed by atoms with Crippen LogP contribution in [0, 0.1) is 5.92 Å². The van der Waals surface area contributed by atoms with Gasteiger partial charge in [-0.3, -0.25) is 4.79 Å². The van der Waals surface area contributed by atoms with Crippen molar-refractivity contribution in [3.63, 3.8) is 0 Å². The van der Waals surface area contributed by atoms with Gasteiger partial charge in [0.2, 0.25) is 5.91 Å². The van der Waals surface area contributed by atoms with Crippen molar-refractivity contribution in [1.82, 2.24) is 15.5 Å². The van der Waals surface area contributed by atoms with E-state index < -0.39 is 0 Å². The van der Waals surface area contributed by atoms with Crippen molar-refractivity contribution in [2.24, 2.45) is 5.92 Å². The van der Waals surface area contributed by atoms with Crippen LogP contribution in [0.15, 0.2) is 0 Å². The highest BCUT2D eigenvalue weighted by Crippen LogP contribution is 2.28. The Morgan fingerprint density at radius 1 is 1.21 bits per heavy atom. The molecule has 0 atom stereocenters. The Kier molecular flexibility index (Phi) is 6.65. The van der Waals surface area contributed by atoms with Gasteiger partial charge >= 0.3 is 0 Å². The van der Waals surface area contributed by atoms with Crippen LogP contribution < -0.4 is 10.6 Å². The molecule has 0 bridgehead atoms. The molecule has 0 aromatic carbocycles. The number of nitrogens with zero attached hydrogens (tertiary/aromatic N) is 1. The molecular weight excluding hydrogens is 238 g/mol. The van der Waals surface area contributed by atoms with Gasteiger partial charge in [0, 0.05) is 39.1 Å². The zero-order chi connectivity index (χ0) is 13.3. The molecule has 4 nitrogen and oxygen atoms in total. The minimum absolute atomic E-state index is 0.257. The van der Waals surface area contributed by atoms with Gasteiger partial charge in [-0.2, -0.15) is 0 Å². The molecule has 0 spiro atoms. The first-order chi connectivity index (χ1) is 9.34. The van der Waals surface area contributed by atoms with Gasteiger partial charge in [0.1, 0.15) is 0 Å². The number of carbonyl (C=O) groups is 1. The summed E-state index contributed by atoms with van der Waals surface area (Å²) in [6.07, 6.45) is 8.34. The van der Waals surface area contributed by atoms with Gasteiger partial charge in [0.05, 0.1) is 0 Å². The van der Waals surface area contributed by atoms with Crippen molar-refractivity contribution in [2.75, 3.05) is 39.3 Å². The molecule has 110 valence electrons. The smallest absolute Gasteiger partial charge is 0.220 e. The average molecular weight is 267 g/mol. The molecule has 2 aliphatic rings.